The molecular formula is C15H10BrFN2O3. The number of carbonyl (C=O) groups is 1. The Labute approximate surface area is 133 Å². The lowest BCUT2D eigenvalue weighted by Gasteiger charge is -2.02. The highest BCUT2D eigenvalue weighted by Crippen LogP contribution is 2.36. The first-order valence-electron chi connectivity index (χ1n) is 6.31. The maximum atomic E-state index is 12.8. The van der Waals surface area contributed by atoms with Crippen molar-refractivity contribution < 1.29 is 18.7 Å². The molecule has 0 aliphatic carbocycles. The Kier molecular flexibility index (Phi) is 4.06. The maximum absolute atomic E-state index is 12.8. The molecule has 1 aliphatic rings. The van der Waals surface area contributed by atoms with Gasteiger partial charge in [0.25, 0.3) is 5.91 Å². The minimum Gasteiger partial charge on any atom is -0.454 e. The predicted octanol–water partition coefficient (Wildman–Crippen LogP) is 3.08. The number of fused-ring (bicyclic) bond motifs is 1. The number of hydrogen-bond acceptors (Lipinski definition) is 4. The molecule has 2 aromatic carbocycles. The zero-order valence-electron chi connectivity index (χ0n) is 11.2. The molecule has 1 amide bonds. The molecule has 1 heterocycles. The normalized spacial score (nSPS) is 12.6. The fourth-order valence-corrected chi connectivity index (χ4v) is 2.28. The van der Waals surface area contributed by atoms with Crippen LogP contribution in [0, 0.1) is 5.82 Å². The first-order chi connectivity index (χ1) is 10.6. The first kappa shape index (κ1) is 14.5. The van der Waals surface area contributed by atoms with Gasteiger partial charge in [0.15, 0.2) is 11.5 Å². The third-order valence-corrected chi connectivity index (χ3v) is 3.65. The number of ether oxygens (including phenoxy) is 2. The molecular weight excluding hydrogens is 355 g/mol. The lowest BCUT2D eigenvalue weighted by Crippen LogP contribution is -2.17. The van der Waals surface area contributed by atoms with Crippen molar-refractivity contribution in [3.8, 4) is 11.5 Å². The van der Waals surface area contributed by atoms with Gasteiger partial charge in [-0.15, -0.1) is 0 Å². The monoisotopic (exact) mass is 364 g/mol. The summed E-state index contributed by atoms with van der Waals surface area (Å²) in [7, 11) is 0. The molecule has 0 bridgehead atoms. The maximum Gasteiger partial charge on any atom is 0.271 e. The highest BCUT2D eigenvalue weighted by Gasteiger charge is 2.15. The van der Waals surface area contributed by atoms with Crippen LogP contribution < -0.4 is 14.9 Å². The van der Waals surface area contributed by atoms with E-state index in [0.29, 0.717) is 17.1 Å². The number of amides is 1. The lowest BCUT2D eigenvalue weighted by molar-refractivity contribution is 0.0955. The zero-order chi connectivity index (χ0) is 15.5. The van der Waals surface area contributed by atoms with Crippen LogP contribution in [0.5, 0.6) is 11.5 Å². The van der Waals surface area contributed by atoms with Gasteiger partial charge in [-0.25, -0.2) is 9.82 Å². The SMILES string of the molecule is O=C(NN=Cc1cc2c(cc1Br)OCO2)c1ccc(F)cc1. The third kappa shape index (κ3) is 3.09. The Morgan fingerprint density at radius 3 is 2.64 bits per heavy atom. The molecule has 5 nitrogen and oxygen atoms in total. The number of benzene rings is 2. The molecule has 0 unspecified atom stereocenters. The third-order valence-electron chi connectivity index (χ3n) is 2.97. The number of halogens is 2. The minimum absolute atomic E-state index is 0.184. The van der Waals surface area contributed by atoms with Crippen LogP contribution in [-0.4, -0.2) is 18.9 Å². The predicted molar refractivity (Wildman–Crippen MR) is 81.7 cm³/mol. The lowest BCUT2D eigenvalue weighted by atomic mass is 10.2. The molecule has 7 heteroatoms. The van der Waals surface area contributed by atoms with Crippen molar-refractivity contribution in [2.45, 2.75) is 0 Å². The summed E-state index contributed by atoms with van der Waals surface area (Å²) in [6, 6.07) is 8.72. The quantitative estimate of drug-likeness (QED) is 0.672. The average Bonchev–Trinajstić information content (AvgIpc) is 2.95. The molecule has 0 atom stereocenters. The van der Waals surface area contributed by atoms with Crippen LogP contribution in [0.15, 0.2) is 46.0 Å². The number of hydrazone groups is 1. The number of hydrogen-bond donors (Lipinski definition) is 1. The standard InChI is InChI=1S/C15H10BrFN2O3/c16-12-6-14-13(21-8-22-14)5-10(12)7-18-19-15(20)9-1-3-11(17)4-2-9/h1-7H,8H2,(H,19,20). The van der Waals surface area contributed by atoms with Crippen LogP contribution in [-0.2, 0) is 0 Å². The molecule has 112 valence electrons. The second-order valence-electron chi connectivity index (χ2n) is 4.43. The molecule has 22 heavy (non-hydrogen) atoms. The van der Waals surface area contributed by atoms with E-state index >= 15 is 0 Å². The van der Waals surface area contributed by atoms with Crippen molar-refractivity contribution in [3.05, 3.63) is 57.8 Å². The van der Waals surface area contributed by atoms with Gasteiger partial charge >= 0.3 is 0 Å². The van der Waals surface area contributed by atoms with E-state index in [2.05, 4.69) is 26.5 Å². The van der Waals surface area contributed by atoms with Crippen molar-refractivity contribution >= 4 is 28.1 Å². The van der Waals surface area contributed by atoms with Gasteiger partial charge in [-0.05, 0) is 52.3 Å². The molecule has 0 aromatic heterocycles. The summed E-state index contributed by atoms with van der Waals surface area (Å²) in [6.45, 7) is 0.184. The average molecular weight is 365 g/mol. The Hall–Kier alpha value is -2.41. The Morgan fingerprint density at radius 1 is 1.23 bits per heavy atom. The van der Waals surface area contributed by atoms with E-state index in [0.717, 1.165) is 10.0 Å². The Bertz CT molecular complexity index is 747. The summed E-state index contributed by atoms with van der Waals surface area (Å²) < 4.78 is 24.1. The summed E-state index contributed by atoms with van der Waals surface area (Å²) in [6.07, 6.45) is 1.48. The topological polar surface area (TPSA) is 59.9 Å². The second kappa shape index (κ2) is 6.15. The van der Waals surface area contributed by atoms with Gasteiger partial charge in [0.05, 0.1) is 6.21 Å². The van der Waals surface area contributed by atoms with Crippen LogP contribution in [0.2, 0.25) is 0 Å². The number of nitrogens with zero attached hydrogens (tertiary/aromatic N) is 1. The van der Waals surface area contributed by atoms with E-state index in [1.54, 1.807) is 12.1 Å². The van der Waals surface area contributed by atoms with Crippen molar-refractivity contribution in [3.63, 3.8) is 0 Å². The molecule has 1 N–H and O–H groups in total. The van der Waals surface area contributed by atoms with E-state index in [-0.39, 0.29) is 6.79 Å². The van der Waals surface area contributed by atoms with Crippen molar-refractivity contribution in [2.75, 3.05) is 6.79 Å². The molecule has 1 aliphatic heterocycles. The Morgan fingerprint density at radius 2 is 1.91 bits per heavy atom. The Balaban J connectivity index is 1.70. The fourth-order valence-electron chi connectivity index (χ4n) is 1.86. The van der Waals surface area contributed by atoms with Crippen molar-refractivity contribution in [1.29, 1.82) is 0 Å². The molecule has 2 aromatic rings. The summed E-state index contributed by atoms with van der Waals surface area (Å²) in [4.78, 5) is 11.8. The fraction of sp³-hybridized carbons (Fsp3) is 0.0667. The summed E-state index contributed by atoms with van der Waals surface area (Å²) in [5.74, 6) is 0.450. The smallest absolute Gasteiger partial charge is 0.271 e. The summed E-state index contributed by atoms with van der Waals surface area (Å²) in [5, 5.41) is 3.88. The van der Waals surface area contributed by atoms with Gasteiger partial charge in [0, 0.05) is 15.6 Å². The zero-order valence-corrected chi connectivity index (χ0v) is 12.8. The van der Waals surface area contributed by atoms with Crippen LogP contribution in [0.3, 0.4) is 0 Å². The highest BCUT2D eigenvalue weighted by molar-refractivity contribution is 9.10. The molecule has 0 radical (unpaired) electrons. The molecule has 0 fully saturated rings. The van der Waals surface area contributed by atoms with Crippen molar-refractivity contribution in [1.82, 2.24) is 5.43 Å². The van der Waals surface area contributed by atoms with E-state index < -0.39 is 11.7 Å². The second-order valence-corrected chi connectivity index (χ2v) is 5.29. The molecule has 3 rings (SSSR count). The van der Waals surface area contributed by atoms with Crippen LogP contribution in [0.25, 0.3) is 0 Å². The van der Waals surface area contributed by atoms with Gasteiger partial charge in [-0.3, -0.25) is 4.79 Å². The molecule has 0 saturated heterocycles. The van der Waals surface area contributed by atoms with E-state index in [9.17, 15) is 9.18 Å². The molecule has 0 saturated carbocycles. The van der Waals surface area contributed by atoms with Gasteiger partial charge in [-0.1, -0.05) is 0 Å². The number of carbonyl (C=O) groups excluding carboxylic acids is 1. The first-order valence-corrected chi connectivity index (χ1v) is 7.11. The van der Waals surface area contributed by atoms with E-state index in [1.165, 1.54) is 30.5 Å². The minimum atomic E-state index is -0.423. The van der Waals surface area contributed by atoms with Crippen LogP contribution in [0.1, 0.15) is 15.9 Å². The highest BCUT2D eigenvalue weighted by atomic mass is 79.9. The number of nitrogens with one attached hydrogen (secondary N) is 1. The summed E-state index contributed by atoms with van der Waals surface area (Å²) >= 11 is 3.39. The molecule has 0 spiro atoms. The van der Waals surface area contributed by atoms with E-state index in [1.807, 2.05) is 0 Å². The van der Waals surface area contributed by atoms with Gasteiger partial charge in [0.1, 0.15) is 5.82 Å². The largest absolute Gasteiger partial charge is 0.454 e. The van der Waals surface area contributed by atoms with Crippen LogP contribution >= 0.6 is 15.9 Å². The summed E-state index contributed by atoms with van der Waals surface area (Å²) in [5.41, 5.74) is 3.43. The van der Waals surface area contributed by atoms with Gasteiger partial charge in [-0.2, -0.15) is 5.10 Å². The van der Waals surface area contributed by atoms with Gasteiger partial charge < -0.3 is 9.47 Å². The van der Waals surface area contributed by atoms with Crippen molar-refractivity contribution in [2.24, 2.45) is 5.10 Å². The van der Waals surface area contributed by atoms with Crippen LogP contribution in [0.4, 0.5) is 4.39 Å². The van der Waals surface area contributed by atoms with Gasteiger partial charge in [0.2, 0.25) is 6.79 Å². The number of rotatable bonds is 3. The van der Waals surface area contributed by atoms with E-state index in [4.69, 9.17) is 9.47 Å².